The number of aliphatic hydroxyl groups is 1. The summed E-state index contributed by atoms with van der Waals surface area (Å²) in [5.74, 6) is 1.98. The number of hydrogen-bond acceptors (Lipinski definition) is 5. The average Bonchev–Trinajstić information content (AvgIpc) is 2.62. The lowest BCUT2D eigenvalue weighted by molar-refractivity contribution is 0.322. The van der Waals surface area contributed by atoms with Gasteiger partial charge in [-0.05, 0) is 0 Å². The Morgan fingerprint density at radius 2 is 2.31 bits per heavy atom. The molecule has 2 aromatic heterocycles. The van der Waals surface area contributed by atoms with Crippen molar-refractivity contribution in [2.24, 2.45) is 7.05 Å². The summed E-state index contributed by atoms with van der Waals surface area (Å²) >= 11 is 7.59. The standard InChI is InChI=1S/C9H11ClN4OS/c1-14-9-6(4-11-14)8(10)12-7(13-9)5-16-3-2-15/h4,15H,2-3,5H2,1H3. The fourth-order valence-electron chi connectivity index (χ4n) is 1.32. The third kappa shape index (κ3) is 2.28. The number of halogens is 1. The largest absolute Gasteiger partial charge is 0.396 e. The summed E-state index contributed by atoms with van der Waals surface area (Å²) < 4.78 is 1.67. The molecule has 0 unspecified atom stereocenters. The van der Waals surface area contributed by atoms with Crippen LogP contribution < -0.4 is 0 Å². The van der Waals surface area contributed by atoms with Gasteiger partial charge in [-0.2, -0.15) is 16.9 Å². The van der Waals surface area contributed by atoms with Crippen LogP contribution in [0, 0.1) is 0 Å². The van der Waals surface area contributed by atoms with E-state index >= 15 is 0 Å². The monoisotopic (exact) mass is 258 g/mol. The topological polar surface area (TPSA) is 63.8 Å². The minimum Gasteiger partial charge on any atom is -0.396 e. The summed E-state index contributed by atoms with van der Waals surface area (Å²) in [7, 11) is 1.82. The normalized spacial score (nSPS) is 11.2. The van der Waals surface area contributed by atoms with Crippen molar-refractivity contribution in [1.29, 1.82) is 0 Å². The van der Waals surface area contributed by atoms with Crippen molar-refractivity contribution in [3.8, 4) is 0 Å². The second-order valence-corrected chi connectivity index (χ2v) is 4.68. The highest BCUT2D eigenvalue weighted by atomic mass is 35.5. The zero-order valence-electron chi connectivity index (χ0n) is 8.72. The average molecular weight is 259 g/mol. The fraction of sp³-hybridized carbons (Fsp3) is 0.444. The Kier molecular flexibility index (Phi) is 3.63. The SMILES string of the molecule is Cn1ncc2c(Cl)nc(CSCCO)nc21. The molecule has 0 fully saturated rings. The van der Waals surface area contributed by atoms with Crippen LogP contribution in [0.4, 0.5) is 0 Å². The maximum atomic E-state index is 8.68. The first-order chi connectivity index (χ1) is 7.72. The summed E-state index contributed by atoms with van der Waals surface area (Å²) in [6.07, 6.45) is 1.66. The van der Waals surface area contributed by atoms with Crippen LogP contribution >= 0.6 is 23.4 Å². The van der Waals surface area contributed by atoms with Gasteiger partial charge in [0.15, 0.2) is 5.65 Å². The van der Waals surface area contributed by atoms with Crippen molar-refractivity contribution in [2.45, 2.75) is 5.75 Å². The van der Waals surface area contributed by atoms with Crippen molar-refractivity contribution in [1.82, 2.24) is 19.7 Å². The number of aryl methyl sites for hydroxylation is 1. The van der Waals surface area contributed by atoms with Gasteiger partial charge in [-0.25, -0.2) is 9.97 Å². The molecule has 0 aliphatic heterocycles. The van der Waals surface area contributed by atoms with Gasteiger partial charge in [0.05, 0.1) is 23.9 Å². The van der Waals surface area contributed by atoms with Crippen LogP contribution in [0.3, 0.4) is 0 Å². The van der Waals surface area contributed by atoms with Crippen molar-refractivity contribution < 1.29 is 5.11 Å². The van der Waals surface area contributed by atoms with Crippen LogP contribution in [-0.4, -0.2) is 37.2 Å². The molecule has 2 aromatic rings. The van der Waals surface area contributed by atoms with E-state index in [0.717, 1.165) is 11.0 Å². The van der Waals surface area contributed by atoms with Gasteiger partial charge >= 0.3 is 0 Å². The van der Waals surface area contributed by atoms with Gasteiger partial charge in [0.2, 0.25) is 0 Å². The van der Waals surface area contributed by atoms with Gasteiger partial charge in [0.25, 0.3) is 0 Å². The molecule has 0 spiro atoms. The number of nitrogens with zero attached hydrogens (tertiary/aromatic N) is 4. The maximum Gasteiger partial charge on any atom is 0.162 e. The molecule has 0 bridgehead atoms. The van der Waals surface area contributed by atoms with Gasteiger partial charge in [-0.3, -0.25) is 4.68 Å². The Balaban J connectivity index is 2.29. The lowest BCUT2D eigenvalue weighted by Crippen LogP contribution is -1.99. The van der Waals surface area contributed by atoms with Crippen molar-refractivity contribution >= 4 is 34.4 Å². The van der Waals surface area contributed by atoms with E-state index in [1.54, 1.807) is 22.6 Å². The molecule has 1 N–H and O–H groups in total. The lowest BCUT2D eigenvalue weighted by Gasteiger charge is -2.01. The minimum atomic E-state index is 0.159. The van der Waals surface area contributed by atoms with E-state index < -0.39 is 0 Å². The first-order valence-electron chi connectivity index (χ1n) is 4.75. The van der Waals surface area contributed by atoms with E-state index in [1.165, 1.54) is 0 Å². The van der Waals surface area contributed by atoms with Crippen LogP contribution in [0.15, 0.2) is 6.20 Å². The molecule has 0 aliphatic rings. The maximum absolute atomic E-state index is 8.68. The molecule has 2 heterocycles. The highest BCUT2D eigenvalue weighted by Gasteiger charge is 2.09. The molecule has 0 aromatic carbocycles. The van der Waals surface area contributed by atoms with Gasteiger partial charge in [0, 0.05) is 12.8 Å². The van der Waals surface area contributed by atoms with Gasteiger partial charge in [-0.15, -0.1) is 0 Å². The zero-order valence-corrected chi connectivity index (χ0v) is 10.3. The zero-order chi connectivity index (χ0) is 11.5. The molecule has 0 saturated heterocycles. The van der Waals surface area contributed by atoms with Gasteiger partial charge in [-0.1, -0.05) is 11.6 Å². The third-order valence-corrected chi connectivity index (χ3v) is 3.28. The van der Waals surface area contributed by atoms with Crippen molar-refractivity contribution in [3.63, 3.8) is 0 Å². The van der Waals surface area contributed by atoms with Crippen LogP contribution in [0.2, 0.25) is 5.15 Å². The Labute approximate surface area is 102 Å². The number of fused-ring (bicyclic) bond motifs is 1. The first-order valence-corrected chi connectivity index (χ1v) is 6.28. The van der Waals surface area contributed by atoms with Crippen LogP contribution in [0.5, 0.6) is 0 Å². The summed E-state index contributed by atoms with van der Waals surface area (Å²) in [4.78, 5) is 8.55. The molecule has 0 atom stereocenters. The van der Waals surface area contributed by atoms with Crippen LogP contribution in [0.1, 0.15) is 5.82 Å². The van der Waals surface area contributed by atoms with Crippen LogP contribution in [0.25, 0.3) is 11.0 Å². The quantitative estimate of drug-likeness (QED) is 0.660. The Morgan fingerprint density at radius 1 is 1.50 bits per heavy atom. The van der Waals surface area contributed by atoms with Crippen molar-refractivity contribution in [2.75, 3.05) is 12.4 Å². The fourth-order valence-corrected chi connectivity index (χ4v) is 2.14. The molecule has 86 valence electrons. The molecular formula is C9H11ClN4OS. The number of hydrogen-bond donors (Lipinski definition) is 1. The summed E-state index contributed by atoms with van der Waals surface area (Å²) in [6, 6.07) is 0. The molecule has 0 aliphatic carbocycles. The predicted octanol–water partition coefficient (Wildman–Crippen LogP) is 1.24. The van der Waals surface area contributed by atoms with Gasteiger partial charge in [0.1, 0.15) is 11.0 Å². The lowest BCUT2D eigenvalue weighted by atomic mass is 10.4. The van der Waals surface area contributed by atoms with E-state index in [4.69, 9.17) is 16.7 Å². The number of thioether (sulfide) groups is 1. The van der Waals surface area contributed by atoms with E-state index in [9.17, 15) is 0 Å². The highest BCUT2D eigenvalue weighted by molar-refractivity contribution is 7.98. The Morgan fingerprint density at radius 3 is 3.06 bits per heavy atom. The summed E-state index contributed by atoms with van der Waals surface area (Å²) in [5, 5.41) is 13.9. The Hall–Kier alpha value is -0.850. The molecule has 7 heteroatoms. The highest BCUT2D eigenvalue weighted by Crippen LogP contribution is 2.20. The molecule has 0 radical (unpaired) electrons. The molecule has 16 heavy (non-hydrogen) atoms. The molecule has 0 amide bonds. The van der Waals surface area contributed by atoms with E-state index in [2.05, 4.69) is 15.1 Å². The summed E-state index contributed by atoms with van der Waals surface area (Å²) in [5.41, 5.74) is 0.736. The van der Waals surface area contributed by atoms with Gasteiger partial charge < -0.3 is 5.11 Å². The van der Waals surface area contributed by atoms with Crippen molar-refractivity contribution in [3.05, 3.63) is 17.2 Å². The second kappa shape index (κ2) is 4.99. The molecule has 2 rings (SSSR count). The number of rotatable bonds is 4. The first kappa shape index (κ1) is 11.6. The molecule has 5 nitrogen and oxygen atoms in total. The second-order valence-electron chi connectivity index (χ2n) is 3.21. The smallest absolute Gasteiger partial charge is 0.162 e. The van der Waals surface area contributed by atoms with Crippen LogP contribution in [-0.2, 0) is 12.8 Å². The molecular weight excluding hydrogens is 248 g/mol. The Bertz CT molecular complexity index is 501. The van der Waals surface area contributed by atoms with E-state index in [-0.39, 0.29) is 6.61 Å². The predicted molar refractivity (Wildman–Crippen MR) is 64.6 cm³/mol. The van der Waals surface area contributed by atoms with E-state index in [1.807, 2.05) is 7.05 Å². The van der Waals surface area contributed by atoms with E-state index in [0.29, 0.717) is 22.5 Å². The number of aliphatic hydroxyl groups excluding tert-OH is 1. The number of aromatic nitrogens is 4. The summed E-state index contributed by atoms with van der Waals surface area (Å²) in [6.45, 7) is 0.159. The third-order valence-electron chi connectivity index (χ3n) is 2.06. The minimum absolute atomic E-state index is 0.159. The molecule has 0 saturated carbocycles.